The number of ether oxygens (including phenoxy) is 1. The zero-order valence-corrected chi connectivity index (χ0v) is 18.2. The number of aromatic nitrogens is 2. The monoisotopic (exact) mass is 436 g/mol. The van der Waals surface area contributed by atoms with Crippen molar-refractivity contribution in [3.8, 4) is 17.3 Å². The van der Waals surface area contributed by atoms with Crippen LogP contribution in [0.5, 0.6) is 5.88 Å². The summed E-state index contributed by atoms with van der Waals surface area (Å²) in [6, 6.07) is 17.9. The number of aromatic hydroxyl groups is 1. The van der Waals surface area contributed by atoms with Crippen LogP contribution in [0.1, 0.15) is 40.0 Å². The predicted molar refractivity (Wildman–Crippen MR) is 121 cm³/mol. The lowest BCUT2D eigenvalue weighted by molar-refractivity contribution is 0.0956. The molecule has 160 valence electrons. The highest BCUT2D eigenvalue weighted by Gasteiger charge is 2.16. The Morgan fingerprint density at radius 1 is 1.16 bits per heavy atom. The number of aryl methyl sites for hydroxylation is 2. The van der Waals surface area contributed by atoms with Crippen molar-refractivity contribution >= 4 is 11.3 Å². The van der Waals surface area contributed by atoms with Crippen molar-refractivity contribution in [3.63, 3.8) is 0 Å². The van der Waals surface area contributed by atoms with E-state index in [4.69, 9.17) is 9.15 Å². The second-order valence-corrected chi connectivity index (χ2v) is 8.42. The van der Waals surface area contributed by atoms with E-state index in [0.717, 1.165) is 52.3 Å². The van der Waals surface area contributed by atoms with Gasteiger partial charge in [0.15, 0.2) is 0 Å². The van der Waals surface area contributed by atoms with Gasteiger partial charge in [0.1, 0.15) is 5.76 Å². The van der Waals surface area contributed by atoms with Crippen LogP contribution in [0, 0.1) is 6.92 Å². The quantitative estimate of drug-likeness (QED) is 0.405. The summed E-state index contributed by atoms with van der Waals surface area (Å²) < 4.78 is 11.6. The van der Waals surface area contributed by atoms with Gasteiger partial charge in [-0.15, -0.1) is 0 Å². The van der Waals surface area contributed by atoms with E-state index in [0.29, 0.717) is 17.2 Å². The van der Waals surface area contributed by atoms with E-state index >= 15 is 0 Å². The minimum Gasteiger partial charge on any atom is -0.494 e. The molecule has 0 bridgehead atoms. The summed E-state index contributed by atoms with van der Waals surface area (Å²) in [5.41, 5.74) is 4.00. The van der Waals surface area contributed by atoms with Crippen LogP contribution in [0.3, 0.4) is 0 Å². The van der Waals surface area contributed by atoms with Gasteiger partial charge in [-0.1, -0.05) is 53.8 Å². The van der Waals surface area contributed by atoms with Crippen molar-refractivity contribution in [2.45, 2.75) is 32.3 Å². The Kier molecular flexibility index (Phi) is 6.34. The van der Waals surface area contributed by atoms with E-state index in [9.17, 15) is 9.90 Å². The Bertz CT molecular complexity index is 1190. The number of nitrogens with zero attached hydrogens (tertiary/aromatic N) is 1. The molecule has 0 spiro atoms. The van der Waals surface area contributed by atoms with Gasteiger partial charge >= 0.3 is 4.87 Å². The fourth-order valence-electron chi connectivity index (χ4n) is 3.56. The van der Waals surface area contributed by atoms with E-state index in [1.165, 1.54) is 0 Å². The summed E-state index contributed by atoms with van der Waals surface area (Å²) in [7, 11) is 1.71. The maximum absolute atomic E-state index is 11.4. The molecule has 0 amide bonds. The fraction of sp³-hybridized carbons (Fsp3) is 0.250. The number of nitrogens with one attached hydrogen (secondary N) is 1. The first kappa shape index (κ1) is 21.1. The van der Waals surface area contributed by atoms with E-state index in [1.807, 2.05) is 61.5 Å². The summed E-state index contributed by atoms with van der Waals surface area (Å²) in [5.74, 6) is 1.42. The average Bonchev–Trinajstić information content (AvgIpc) is 3.31. The molecule has 1 atom stereocenters. The third kappa shape index (κ3) is 4.95. The first-order chi connectivity index (χ1) is 15.0. The Morgan fingerprint density at radius 3 is 2.55 bits per heavy atom. The molecule has 2 aromatic carbocycles. The summed E-state index contributed by atoms with van der Waals surface area (Å²) >= 11 is 1.03. The molecule has 0 saturated carbocycles. The number of H-pyrrole nitrogens is 1. The minimum atomic E-state index is -0.248. The summed E-state index contributed by atoms with van der Waals surface area (Å²) in [5, 5.41) is 9.77. The van der Waals surface area contributed by atoms with Gasteiger partial charge in [-0.2, -0.15) is 0 Å². The maximum Gasteiger partial charge on any atom is 0.307 e. The van der Waals surface area contributed by atoms with Gasteiger partial charge in [0.05, 0.1) is 16.7 Å². The van der Waals surface area contributed by atoms with Gasteiger partial charge in [0.2, 0.25) is 11.8 Å². The van der Waals surface area contributed by atoms with Gasteiger partial charge in [-0.05, 0) is 43.0 Å². The molecular weight excluding hydrogens is 412 g/mol. The normalized spacial score (nSPS) is 12.2. The minimum absolute atomic E-state index is 0.0494. The van der Waals surface area contributed by atoms with Crippen LogP contribution >= 0.6 is 11.3 Å². The molecule has 0 saturated heterocycles. The topological polar surface area (TPSA) is 88.4 Å². The zero-order chi connectivity index (χ0) is 21.8. The first-order valence-corrected chi connectivity index (χ1v) is 10.9. The number of oxazole rings is 1. The van der Waals surface area contributed by atoms with Crippen molar-refractivity contribution < 1.29 is 14.3 Å². The molecule has 0 aliphatic heterocycles. The standard InChI is InChI=1S/C24H24N2O4S/c1-15-19(25-23(30-15)18-6-4-3-5-7-18)12-13-20(29-2)17-10-8-16(9-11-17)14-21-22(27)26-24(28)31-21/h3-11,20,27H,12-14H2,1-2H3,(H,26,28). The number of methoxy groups -OCH3 is 1. The molecule has 0 fully saturated rings. The molecule has 0 radical (unpaired) electrons. The van der Waals surface area contributed by atoms with Crippen molar-refractivity contribution in [1.29, 1.82) is 0 Å². The molecule has 2 aromatic heterocycles. The van der Waals surface area contributed by atoms with Crippen LogP contribution in [-0.2, 0) is 17.6 Å². The lowest BCUT2D eigenvalue weighted by atomic mass is 10.0. The lowest BCUT2D eigenvalue weighted by Crippen LogP contribution is -2.04. The van der Waals surface area contributed by atoms with Crippen LogP contribution in [0.4, 0.5) is 0 Å². The number of benzene rings is 2. The van der Waals surface area contributed by atoms with Gasteiger partial charge in [-0.3, -0.25) is 9.78 Å². The second-order valence-electron chi connectivity index (χ2n) is 7.36. The second kappa shape index (κ2) is 9.32. The van der Waals surface area contributed by atoms with Gasteiger partial charge in [0.25, 0.3) is 0 Å². The van der Waals surface area contributed by atoms with Crippen molar-refractivity contribution in [2.75, 3.05) is 7.11 Å². The van der Waals surface area contributed by atoms with E-state index < -0.39 is 0 Å². The predicted octanol–water partition coefficient (Wildman–Crippen LogP) is 5.02. The van der Waals surface area contributed by atoms with E-state index in [1.54, 1.807) is 7.11 Å². The van der Waals surface area contributed by atoms with Crippen LogP contribution in [0.2, 0.25) is 0 Å². The Hall–Kier alpha value is -3.16. The summed E-state index contributed by atoms with van der Waals surface area (Å²) in [6.07, 6.45) is 1.96. The third-order valence-corrected chi connectivity index (χ3v) is 6.13. The highest BCUT2D eigenvalue weighted by atomic mass is 32.1. The molecule has 2 heterocycles. The molecule has 31 heavy (non-hydrogen) atoms. The highest BCUT2D eigenvalue weighted by Crippen LogP contribution is 2.27. The van der Waals surface area contributed by atoms with Gasteiger partial charge in [0, 0.05) is 19.1 Å². The zero-order valence-electron chi connectivity index (χ0n) is 17.4. The Morgan fingerprint density at radius 2 is 1.90 bits per heavy atom. The Labute approximate surface area is 184 Å². The summed E-state index contributed by atoms with van der Waals surface area (Å²) in [4.78, 5) is 18.8. The number of thiazole rings is 1. The van der Waals surface area contributed by atoms with Gasteiger partial charge < -0.3 is 14.3 Å². The van der Waals surface area contributed by atoms with Crippen molar-refractivity contribution in [2.24, 2.45) is 0 Å². The molecule has 0 aliphatic rings. The smallest absolute Gasteiger partial charge is 0.307 e. The molecule has 2 N–H and O–H groups in total. The number of rotatable bonds is 8. The van der Waals surface area contributed by atoms with Crippen LogP contribution in [0.25, 0.3) is 11.5 Å². The van der Waals surface area contributed by atoms with Crippen LogP contribution < -0.4 is 4.87 Å². The van der Waals surface area contributed by atoms with E-state index in [2.05, 4.69) is 9.97 Å². The fourth-order valence-corrected chi connectivity index (χ4v) is 4.32. The first-order valence-electron chi connectivity index (χ1n) is 10.1. The molecule has 4 aromatic rings. The number of hydrogen-bond acceptors (Lipinski definition) is 6. The third-order valence-electron chi connectivity index (χ3n) is 5.26. The molecule has 7 heteroatoms. The SMILES string of the molecule is COC(CCc1nc(-c2ccccc2)oc1C)c1ccc(Cc2sc(=O)[nH]c2O)cc1. The largest absolute Gasteiger partial charge is 0.494 e. The summed E-state index contributed by atoms with van der Waals surface area (Å²) in [6.45, 7) is 1.94. The van der Waals surface area contributed by atoms with Crippen LogP contribution in [-0.4, -0.2) is 22.2 Å². The van der Waals surface area contributed by atoms with E-state index in [-0.39, 0.29) is 16.9 Å². The molecule has 6 nitrogen and oxygen atoms in total. The highest BCUT2D eigenvalue weighted by molar-refractivity contribution is 7.09. The van der Waals surface area contributed by atoms with Gasteiger partial charge in [-0.25, -0.2) is 4.98 Å². The maximum atomic E-state index is 11.4. The molecular formula is C24H24N2O4S. The van der Waals surface area contributed by atoms with Crippen LogP contribution in [0.15, 0.2) is 63.8 Å². The molecule has 0 aliphatic carbocycles. The lowest BCUT2D eigenvalue weighted by Gasteiger charge is -2.15. The Balaban J connectivity index is 1.42. The average molecular weight is 437 g/mol. The molecule has 1 unspecified atom stereocenters. The number of hydrogen-bond donors (Lipinski definition) is 2. The molecule has 4 rings (SSSR count). The number of aromatic amines is 1. The van der Waals surface area contributed by atoms with Crippen molar-refractivity contribution in [1.82, 2.24) is 9.97 Å². The van der Waals surface area contributed by atoms with Crippen molar-refractivity contribution in [3.05, 3.63) is 91.7 Å².